The van der Waals surface area contributed by atoms with Crippen molar-refractivity contribution in [1.29, 1.82) is 5.26 Å². The Morgan fingerprint density at radius 2 is 1.86 bits per heavy atom. The third-order valence-corrected chi connectivity index (χ3v) is 6.16. The van der Waals surface area contributed by atoms with E-state index in [1.165, 1.54) is 19.2 Å². The highest BCUT2D eigenvalue weighted by Gasteiger charge is 2.21. The summed E-state index contributed by atoms with van der Waals surface area (Å²) in [5.41, 5.74) is 9.58. The molecule has 0 fully saturated rings. The highest BCUT2D eigenvalue weighted by Crippen LogP contribution is 2.25. The Balaban J connectivity index is 1.80. The molecule has 36 heavy (non-hydrogen) atoms. The molecular weight excluding hydrogens is 457 g/mol. The Labute approximate surface area is 210 Å². The topological polar surface area (TPSA) is 106 Å². The summed E-state index contributed by atoms with van der Waals surface area (Å²) in [6.45, 7) is 0.106. The van der Waals surface area contributed by atoms with Crippen molar-refractivity contribution in [3.63, 3.8) is 0 Å². The number of Topliss-reactive ketones (excluding diaryl/α,β-unsaturated/α-hetero) is 1. The van der Waals surface area contributed by atoms with E-state index < -0.39 is 11.9 Å². The van der Waals surface area contributed by atoms with Crippen LogP contribution >= 0.6 is 0 Å². The van der Waals surface area contributed by atoms with Crippen molar-refractivity contribution in [2.45, 2.75) is 38.5 Å². The number of aromatic nitrogens is 1. The molecule has 3 rings (SSSR count). The average molecular weight is 488 g/mol. The van der Waals surface area contributed by atoms with E-state index in [1.54, 1.807) is 30.3 Å². The summed E-state index contributed by atoms with van der Waals surface area (Å²) in [4.78, 5) is 29.8. The summed E-state index contributed by atoms with van der Waals surface area (Å²) in [5, 5.41) is 9.50. The van der Waals surface area contributed by atoms with E-state index in [9.17, 15) is 19.2 Å². The first-order valence-corrected chi connectivity index (χ1v) is 12.0. The fourth-order valence-corrected chi connectivity index (χ4v) is 4.15. The van der Waals surface area contributed by atoms with Crippen LogP contribution < -0.4 is 5.73 Å². The van der Waals surface area contributed by atoms with Gasteiger partial charge in [-0.3, -0.25) is 14.6 Å². The number of esters is 1. The minimum atomic E-state index is -0.539. The van der Waals surface area contributed by atoms with Gasteiger partial charge in [-0.05, 0) is 68.0 Å². The molecule has 1 heterocycles. The third-order valence-electron chi connectivity index (χ3n) is 6.16. The van der Waals surface area contributed by atoms with Gasteiger partial charge in [0.25, 0.3) is 0 Å². The zero-order chi connectivity index (χ0) is 25.9. The molecule has 0 spiro atoms. The normalized spacial score (nSPS) is 11.5. The number of carbonyl (C=O) groups excluding carboxylic acids is 2. The van der Waals surface area contributed by atoms with Gasteiger partial charge in [-0.15, -0.1) is 0 Å². The predicted molar refractivity (Wildman–Crippen MR) is 136 cm³/mol. The number of carbonyl (C=O) groups is 2. The number of ketones is 1. The standard InChI is InChI=1S/C29H30FN3O3/c1-36-29(35)22(19-32)13-16-28(34)25-14-15-27(24-11-4-3-9-21(24)18-31)33-26(25)12-5-2-7-20-8-6-10-23(30)17-20/h3-4,6,8-11,14-15,17,22H,2,5,7,12-13,16,19,32H2,1H3/t22-/m1/s1. The maximum Gasteiger partial charge on any atom is 0.309 e. The molecule has 0 aliphatic rings. The van der Waals surface area contributed by atoms with E-state index in [-0.39, 0.29) is 24.6 Å². The van der Waals surface area contributed by atoms with Gasteiger partial charge in [0.2, 0.25) is 0 Å². The molecule has 0 saturated carbocycles. The average Bonchev–Trinajstić information content (AvgIpc) is 2.91. The molecule has 2 aromatic carbocycles. The molecule has 2 N–H and O–H groups in total. The number of nitrogens with two attached hydrogens (primary N) is 1. The molecule has 0 bridgehead atoms. The number of pyridine rings is 1. The first kappa shape index (κ1) is 26.7. The van der Waals surface area contributed by atoms with Crippen LogP contribution in [0.4, 0.5) is 4.39 Å². The number of hydrogen-bond donors (Lipinski definition) is 1. The van der Waals surface area contributed by atoms with E-state index in [2.05, 4.69) is 6.07 Å². The second kappa shape index (κ2) is 13.3. The van der Waals surface area contributed by atoms with Crippen LogP contribution in [0.25, 0.3) is 11.3 Å². The van der Waals surface area contributed by atoms with Gasteiger partial charge in [-0.25, -0.2) is 4.39 Å². The number of methoxy groups -OCH3 is 1. The van der Waals surface area contributed by atoms with Crippen molar-refractivity contribution < 1.29 is 18.7 Å². The quantitative estimate of drug-likeness (QED) is 0.218. The van der Waals surface area contributed by atoms with E-state index in [4.69, 9.17) is 15.5 Å². The van der Waals surface area contributed by atoms with Crippen LogP contribution in [0, 0.1) is 23.1 Å². The maximum absolute atomic E-state index is 13.5. The van der Waals surface area contributed by atoms with Crippen molar-refractivity contribution in [1.82, 2.24) is 4.98 Å². The van der Waals surface area contributed by atoms with E-state index in [1.807, 2.05) is 18.2 Å². The highest BCUT2D eigenvalue weighted by molar-refractivity contribution is 5.97. The lowest BCUT2D eigenvalue weighted by molar-refractivity contribution is -0.145. The summed E-state index contributed by atoms with van der Waals surface area (Å²) in [6.07, 6.45) is 3.25. The Morgan fingerprint density at radius 3 is 2.58 bits per heavy atom. The number of nitrogens with zero attached hydrogens (tertiary/aromatic N) is 2. The summed E-state index contributed by atoms with van der Waals surface area (Å²) in [6, 6.07) is 19.4. The molecule has 0 amide bonds. The summed E-state index contributed by atoms with van der Waals surface area (Å²) in [5.74, 6) is -1.34. The van der Waals surface area contributed by atoms with Crippen molar-refractivity contribution in [3.05, 3.63) is 88.9 Å². The summed E-state index contributed by atoms with van der Waals surface area (Å²) in [7, 11) is 1.30. The lowest BCUT2D eigenvalue weighted by Crippen LogP contribution is -2.25. The molecular formula is C29H30FN3O3. The number of hydrogen-bond acceptors (Lipinski definition) is 6. The Hall–Kier alpha value is -3.89. The van der Waals surface area contributed by atoms with Crippen molar-refractivity contribution in [2.24, 2.45) is 11.7 Å². The molecule has 0 aliphatic carbocycles. The minimum absolute atomic E-state index is 0.106. The Kier molecular flexibility index (Phi) is 9.84. The van der Waals surface area contributed by atoms with Crippen molar-refractivity contribution in [3.8, 4) is 17.3 Å². The van der Waals surface area contributed by atoms with E-state index >= 15 is 0 Å². The number of nitriles is 1. The van der Waals surface area contributed by atoms with Crippen LogP contribution in [-0.4, -0.2) is 30.4 Å². The van der Waals surface area contributed by atoms with Gasteiger partial charge in [-0.2, -0.15) is 5.26 Å². The third kappa shape index (κ3) is 7.06. The molecule has 3 aromatic rings. The molecule has 0 saturated heterocycles. The molecule has 0 radical (unpaired) electrons. The number of benzene rings is 2. The van der Waals surface area contributed by atoms with Gasteiger partial charge in [0.1, 0.15) is 5.82 Å². The van der Waals surface area contributed by atoms with Gasteiger partial charge in [-0.1, -0.05) is 30.3 Å². The van der Waals surface area contributed by atoms with Crippen LogP contribution in [0.15, 0.2) is 60.7 Å². The monoisotopic (exact) mass is 487 g/mol. The minimum Gasteiger partial charge on any atom is -0.469 e. The largest absolute Gasteiger partial charge is 0.469 e. The zero-order valence-corrected chi connectivity index (χ0v) is 20.4. The Bertz CT molecular complexity index is 1250. The molecule has 7 heteroatoms. The van der Waals surface area contributed by atoms with Gasteiger partial charge in [0, 0.05) is 24.1 Å². The van der Waals surface area contributed by atoms with Gasteiger partial charge in [0.15, 0.2) is 5.78 Å². The molecule has 0 unspecified atom stereocenters. The SMILES string of the molecule is COC(=O)[C@@H](CN)CCC(=O)c1ccc(-c2ccccc2C#N)nc1CCCCc1cccc(F)c1. The molecule has 1 atom stereocenters. The van der Waals surface area contributed by atoms with Gasteiger partial charge >= 0.3 is 5.97 Å². The number of rotatable bonds is 12. The second-order valence-corrected chi connectivity index (χ2v) is 8.60. The maximum atomic E-state index is 13.5. The van der Waals surface area contributed by atoms with Crippen molar-refractivity contribution in [2.75, 3.05) is 13.7 Å². The molecule has 186 valence electrons. The lowest BCUT2D eigenvalue weighted by Gasteiger charge is -2.14. The fourth-order valence-electron chi connectivity index (χ4n) is 4.15. The van der Waals surface area contributed by atoms with Crippen molar-refractivity contribution >= 4 is 11.8 Å². The second-order valence-electron chi connectivity index (χ2n) is 8.60. The zero-order valence-electron chi connectivity index (χ0n) is 20.4. The fraction of sp³-hybridized carbons (Fsp3) is 0.310. The Morgan fingerprint density at radius 1 is 1.08 bits per heavy atom. The summed E-state index contributed by atoms with van der Waals surface area (Å²) >= 11 is 0. The van der Waals surface area contributed by atoms with E-state index in [0.29, 0.717) is 40.9 Å². The number of ether oxygens (including phenoxy) is 1. The van der Waals surface area contributed by atoms with Gasteiger partial charge < -0.3 is 10.5 Å². The van der Waals surface area contributed by atoms with Crippen LogP contribution in [0.3, 0.4) is 0 Å². The molecule has 0 aliphatic heterocycles. The predicted octanol–water partition coefficient (Wildman–Crippen LogP) is 5.04. The number of unbranched alkanes of at least 4 members (excludes halogenated alkanes) is 1. The summed E-state index contributed by atoms with van der Waals surface area (Å²) < 4.78 is 18.2. The van der Waals surface area contributed by atoms with Crippen LogP contribution in [0.2, 0.25) is 0 Å². The van der Waals surface area contributed by atoms with Crippen LogP contribution in [0.1, 0.15) is 52.9 Å². The van der Waals surface area contributed by atoms with Crippen LogP contribution in [-0.2, 0) is 22.4 Å². The highest BCUT2D eigenvalue weighted by atomic mass is 19.1. The number of halogens is 1. The first-order chi connectivity index (χ1) is 17.5. The van der Waals surface area contributed by atoms with E-state index in [0.717, 1.165) is 24.8 Å². The lowest BCUT2D eigenvalue weighted by atomic mass is 9.95. The van der Waals surface area contributed by atoms with Crippen LogP contribution in [0.5, 0.6) is 0 Å². The molecule has 6 nitrogen and oxygen atoms in total. The number of aryl methyl sites for hydroxylation is 2. The molecule has 1 aromatic heterocycles. The van der Waals surface area contributed by atoms with Gasteiger partial charge in [0.05, 0.1) is 36.0 Å². The smallest absolute Gasteiger partial charge is 0.309 e. The first-order valence-electron chi connectivity index (χ1n) is 12.0.